The Morgan fingerprint density at radius 3 is 2.25 bits per heavy atom. The lowest BCUT2D eigenvalue weighted by atomic mass is 10.4. The molecule has 0 aliphatic carbocycles. The lowest BCUT2D eigenvalue weighted by Crippen LogP contribution is -2.23. The fourth-order valence-corrected chi connectivity index (χ4v) is 0.715. The Morgan fingerprint density at radius 1 is 1.33 bits per heavy atom. The third-order valence-electron chi connectivity index (χ3n) is 1.44. The Kier molecular flexibility index (Phi) is 2.38. The van der Waals surface area contributed by atoms with Crippen molar-refractivity contribution in [2.75, 3.05) is 14.1 Å². The van der Waals surface area contributed by atoms with Crippen molar-refractivity contribution < 1.29 is 0 Å². The van der Waals surface area contributed by atoms with Gasteiger partial charge < -0.3 is 4.90 Å². The van der Waals surface area contributed by atoms with E-state index in [0.29, 0.717) is 11.7 Å². The fraction of sp³-hybridized carbons (Fsp3) is 0.375. The van der Waals surface area contributed by atoms with Crippen LogP contribution in [0.15, 0.2) is 12.4 Å². The highest BCUT2D eigenvalue weighted by atomic mass is 15.1. The largest absolute Gasteiger partial charge is 0.360 e. The van der Waals surface area contributed by atoms with Gasteiger partial charge in [-0.3, -0.25) is 5.41 Å². The summed E-state index contributed by atoms with van der Waals surface area (Å²) < 4.78 is 0. The molecule has 1 aromatic heterocycles. The van der Waals surface area contributed by atoms with E-state index in [-0.39, 0.29) is 0 Å². The summed E-state index contributed by atoms with van der Waals surface area (Å²) in [7, 11) is 3.59. The summed E-state index contributed by atoms with van der Waals surface area (Å²) >= 11 is 0. The van der Waals surface area contributed by atoms with E-state index in [0.717, 1.165) is 5.56 Å². The standard InChI is InChI=1S/C8H12N4/c1-6-4-10-8(11-5-6)7(9)12(2)3/h4-5,9H,1-3H3. The van der Waals surface area contributed by atoms with Crippen molar-refractivity contribution in [3.63, 3.8) is 0 Å². The summed E-state index contributed by atoms with van der Waals surface area (Å²) in [4.78, 5) is 9.72. The van der Waals surface area contributed by atoms with Crippen LogP contribution in [0.3, 0.4) is 0 Å². The van der Waals surface area contributed by atoms with Gasteiger partial charge in [0.25, 0.3) is 0 Å². The minimum absolute atomic E-state index is 0.329. The molecule has 4 nitrogen and oxygen atoms in total. The van der Waals surface area contributed by atoms with Crippen molar-refractivity contribution >= 4 is 5.84 Å². The maximum Gasteiger partial charge on any atom is 0.194 e. The molecule has 0 spiro atoms. The molecule has 12 heavy (non-hydrogen) atoms. The molecule has 1 heterocycles. The molecule has 1 rings (SSSR count). The summed E-state index contributed by atoms with van der Waals surface area (Å²) in [6.07, 6.45) is 3.42. The second-order valence-corrected chi connectivity index (χ2v) is 2.83. The number of amidine groups is 1. The Balaban J connectivity index is 2.90. The normalized spacial score (nSPS) is 9.58. The van der Waals surface area contributed by atoms with Crippen LogP contribution in [0.25, 0.3) is 0 Å². The zero-order valence-electron chi connectivity index (χ0n) is 7.50. The molecule has 4 heteroatoms. The number of rotatable bonds is 1. The van der Waals surface area contributed by atoms with Crippen molar-refractivity contribution in [1.82, 2.24) is 14.9 Å². The number of nitrogens with zero attached hydrogens (tertiary/aromatic N) is 3. The third-order valence-corrected chi connectivity index (χ3v) is 1.44. The molecule has 0 aliphatic heterocycles. The van der Waals surface area contributed by atoms with Crippen molar-refractivity contribution in [3.05, 3.63) is 23.8 Å². The molecule has 0 saturated heterocycles. The minimum atomic E-state index is 0.329. The molecule has 64 valence electrons. The predicted octanol–water partition coefficient (Wildman–Crippen LogP) is 0.672. The number of nitrogens with one attached hydrogen (secondary N) is 1. The molecule has 0 amide bonds. The molecule has 0 fully saturated rings. The van der Waals surface area contributed by atoms with Gasteiger partial charge in [0.1, 0.15) is 0 Å². The highest BCUT2D eigenvalue weighted by Gasteiger charge is 2.04. The van der Waals surface area contributed by atoms with Crippen LogP contribution in [0, 0.1) is 12.3 Å². The van der Waals surface area contributed by atoms with Crippen LogP contribution in [-0.4, -0.2) is 34.8 Å². The van der Waals surface area contributed by atoms with E-state index in [1.165, 1.54) is 0 Å². The van der Waals surface area contributed by atoms with Crippen LogP contribution in [0.2, 0.25) is 0 Å². The highest BCUT2D eigenvalue weighted by molar-refractivity contribution is 5.92. The molecule has 0 radical (unpaired) electrons. The molecule has 0 saturated carbocycles. The van der Waals surface area contributed by atoms with Gasteiger partial charge in [-0.25, -0.2) is 9.97 Å². The number of aryl methyl sites for hydroxylation is 1. The molecular formula is C8H12N4. The summed E-state index contributed by atoms with van der Waals surface area (Å²) in [5.74, 6) is 0.792. The van der Waals surface area contributed by atoms with Gasteiger partial charge in [-0.1, -0.05) is 0 Å². The lowest BCUT2D eigenvalue weighted by Gasteiger charge is -2.11. The molecule has 1 N–H and O–H groups in total. The number of hydrogen-bond acceptors (Lipinski definition) is 3. The fourth-order valence-electron chi connectivity index (χ4n) is 0.715. The Labute approximate surface area is 71.8 Å². The summed E-state index contributed by atoms with van der Waals surface area (Å²) in [5, 5.41) is 7.56. The van der Waals surface area contributed by atoms with Gasteiger partial charge >= 0.3 is 0 Å². The quantitative estimate of drug-likeness (QED) is 0.490. The van der Waals surface area contributed by atoms with Gasteiger partial charge in [0.2, 0.25) is 0 Å². The smallest absolute Gasteiger partial charge is 0.194 e. The lowest BCUT2D eigenvalue weighted by molar-refractivity contribution is 0.613. The molecule has 0 atom stereocenters. The summed E-state index contributed by atoms with van der Waals surface area (Å²) in [6, 6.07) is 0. The molecule has 0 aromatic carbocycles. The van der Waals surface area contributed by atoms with Gasteiger partial charge in [0.15, 0.2) is 11.7 Å². The van der Waals surface area contributed by atoms with Crippen molar-refractivity contribution in [2.24, 2.45) is 0 Å². The van der Waals surface area contributed by atoms with Crippen molar-refractivity contribution in [3.8, 4) is 0 Å². The van der Waals surface area contributed by atoms with E-state index in [1.54, 1.807) is 31.4 Å². The maximum atomic E-state index is 7.56. The van der Waals surface area contributed by atoms with Gasteiger partial charge in [-0.15, -0.1) is 0 Å². The third kappa shape index (κ3) is 1.78. The molecule has 1 aromatic rings. The minimum Gasteiger partial charge on any atom is -0.360 e. The van der Waals surface area contributed by atoms with E-state index >= 15 is 0 Å². The Hall–Kier alpha value is -1.45. The van der Waals surface area contributed by atoms with Gasteiger partial charge in [-0.2, -0.15) is 0 Å². The summed E-state index contributed by atoms with van der Waals surface area (Å²) in [6.45, 7) is 1.92. The molecule has 0 bridgehead atoms. The van der Waals surface area contributed by atoms with Crippen LogP contribution in [0.5, 0.6) is 0 Å². The molecular weight excluding hydrogens is 152 g/mol. The van der Waals surface area contributed by atoms with Crippen LogP contribution in [0.1, 0.15) is 11.4 Å². The monoisotopic (exact) mass is 164 g/mol. The number of hydrogen-bond donors (Lipinski definition) is 1. The first-order valence-corrected chi connectivity index (χ1v) is 3.66. The zero-order chi connectivity index (χ0) is 9.14. The van der Waals surface area contributed by atoms with Gasteiger partial charge in [0, 0.05) is 26.5 Å². The predicted molar refractivity (Wildman–Crippen MR) is 47.3 cm³/mol. The van der Waals surface area contributed by atoms with E-state index < -0.39 is 0 Å². The van der Waals surface area contributed by atoms with Crippen molar-refractivity contribution in [2.45, 2.75) is 6.92 Å². The topological polar surface area (TPSA) is 52.9 Å². The van der Waals surface area contributed by atoms with E-state index in [9.17, 15) is 0 Å². The van der Waals surface area contributed by atoms with Gasteiger partial charge in [0.05, 0.1) is 0 Å². The SMILES string of the molecule is Cc1cnc(C(=N)N(C)C)nc1. The van der Waals surface area contributed by atoms with Crippen LogP contribution >= 0.6 is 0 Å². The molecule has 0 aliphatic rings. The second-order valence-electron chi connectivity index (χ2n) is 2.83. The first-order valence-electron chi connectivity index (χ1n) is 3.66. The second kappa shape index (κ2) is 3.30. The number of aromatic nitrogens is 2. The molecule has 0 unspecified atom stereocenters. The van der Waals surface area contributed by atoms with Gasteiger partial charge in [-0.05, 0) is 12.5 Å². The van der Waals surface area contributed by atoms with E-state index in [2.05, 4.69) is 9.97 Å². The highest BCUT2D eigenvalue weighted by Crippen LogP contribution is 1.95. The van der Waals surface area contributed by atoms with Crippen LogP contribution in [-0.2, 0) is 0 Å². The Bertz CT molecular complexity index is 276. The first-order chi connectivity index (χ1) is 5.61. The van der Waals surface area contributed by atoms with Crippen LogP contribution in [0.4, 0.5) is 0 Å². The average molecular weight is 164 g/mol. The van der Waals surface area contributed by atoms with E-state index in [1.807, 2.05) is 6.92 Å². The maximum absolute atomic E-state index is 7.56. The zero-order valence-corrected chi connectivity index (χ0v) is 7.50. The summed E-state index contributed by atoms with van der Waals surface area (Å²) in [5.41, 5.74) is 1.00. The van der Waals surface area contributed by atoms with Crippen molar-refractivity contribution in [1.29, 1.82) is 5.41 Å². The first kappa shape index (κ1) is 8.64. The van der Waals surface area contributed by atoms with E-state index in [4.69, 9.17) is 5.41 Å². The van der Waals surface area contributed by atoms with Crippen LogP contribution < -0.4 is 0 Å². The average Bonchev–Trinajstić information content (AvgIpc) is 2.04. The Morgan fingerprint density at radius 2 is 1.83 bits per heavy atom.